The largest absolute Gasteiger partial charge is 0.406 e. The molecule has 1 aromatic carbocycles. The molecule has 0 atom stereocenters. The molecule has 68 valence electrons. The second kappa shape index (κ2) is 2.48. The molecule has 0 fully saturated rings. The Morgan fingerprint density at radius 2 is 1.86 bits per heavy atom. The van der Waals surface area contributed by atoms with Crippen molar-refractivity contribution in [2.45, 2.75) is 0 Å². The third kappa shape index (κ3) is 0.893. The molecule has 0 aliphatic rings. The van der Waals surface area contributed by atoms with Gasteiger partial charge >= 0.3 is 5.63 Å². The van der Waals surface area contributed by atoms with E-state index in [9.17, 15) is 4.79 Å². The van der Waals surface area contributed by atoms with Crippen LogP contribution in [0.4, 0.5) is 0 Å². The quantitative estimate of drug-likeness (QED) is 0.584. The van der Waals surface area contributed by atoms with Crippen LogP contribution in [0, 0.1) is 0 Å². The minimum absolute atomic E-state index is 0.330. The number of aromatic amines is 1. The van der Waals surface area contributed by atoms with Crippen LogP contribution in [-0.4, -0.2) is 4.98 Å². The van der Waals surface area contributed by atoms with Crippen LogP contribution in [0.3, 0.4) is 0 Å². The van der Waals surface area contributed by atoms with Crippen molar-refractivity contribution in [3.05, 3.63) is 46.8 Å². The maximum atomic E-state index is 11.0. The van der Waals surface area contributed by atoms with Crippen LogP contribution < -0.4 is 5.63 Å². The molecule has 3 aromatic rings. The van der Waals surface area contributed by atoms with Crippen LogP contribution in [0.25, 0.3) is 22.0 Å². The van der Waals surface area contributed by atoms with E-state index in [4.69, 9.17) is 4.42 Å². The Labute approximate surface area is 79.0 Å². The van der Waals surface area contributed by atoms with Gasteiger partial charge in [-0.2, -0.15) is 0 Å². The van der Waals surface area contributed by atoms with Crippen LogP contribution in [0.2, 0.25) is 0 Å². The molecule has 3 rings (SSSR count). The molecular formula is C11H7NO2. The summed E-state index contributed by atoms with van der Waals surface area (Å²) >= 11 is 0. The maximum absolute atomic E-state index is 11.0. The van der Waals surface area contributed by atoms with Gasteiger partial charge in [0.25, 0.3) is 0 Å². The molecule has 3 heteroatoms. The van der Waals surface area contributed by atoms with Crippen LogP contribution in [0.5, 0.6) is 0 Å². The average Bonchev–Trinajstić information content (AvgIpc) is 2.54. The lowest BCUT2D eigenvalue weighted by molar-refractivity contribution is 0.552. The first kappa shape index (κ1) is 7.38. The first-order valence-electron chi connectivity index (χ1n) is 4.35. The molecule has 0 saturated heterocycles. The predicted molar refractivity (Wildman–Crippen MR) is 54.3 cm³/mol. The molecule has 0 unspecified atom stereocenters. The van der Waals surface area contributed by atoms with Gasteiger partial charge in [-0.05, 0) is 12.1 Å². The lowest BCUT2D eigenvalue weighted by Crippen LogP contribution is -1.93. The number of benzene rings is 1. The Kier molecular flexibility index (Phi) is 1.31. The van der Waals surface area contributed by atoms with Crippen LogP contribution in [0.15, 0.2) is 45.6 Å². The third-order valence-corrected chi connectivity index (χ3v) is 2.30. The smallest absolute Gasteiger partial charge is 0.337 e. The van der Waals surface area contributed by atoms with Crippen molar-refractivity contribution in [3.8, 4) is 0 Å². The van der Waals surface area contributed by atoms with Crippen molar-refractivity contribution in [1.29, 1.82) is 0 Å². The van der Waals surface area contributed by atoms with E-state index >= 15 is 0 Å². The van der Waals surface area contributed by atoms with Gasteiger partial charge in [0.05, 0.1) is 0 Å². The number of hydrogen-bond donors (Lipinski definition) is 1. The highest BCUT2D eigenvalue weighted by Crippen LogP contribution is 2.23. The van der Waals surface area contributed by atoms with Crippen molar-refractivity contribution in [2.24, 2.45) is 0 Å². The van der Waals surface area contributed by atoms with Crippen molar-refractivity contribution < 1.29 is 4.42 Å². The highest BCUT2D eigenvalue weighted by molar-refractivity contribution is 6.04. The molecule has 1 N–H and O–H groups in total. The Morgan fingerprint density at radius 1 is 1.00 bits per heavy atom. The van der Waals surface area contributed by atoms with Crippen molar-refractivity contribution in [3.63, 3.8) is 0 Å². The summed E-state index contributed by atoms with van der Waals surface area (Å²) in [6, 6.07) is 11.1. The summed E-state index contributed by atoms with van der Waals surface area (Å²) in [5.41, 5.74) is 1.19. The zero-order valence-electron chi connectivity index (χ0n) is 7.28. The average molecular weight is 185 g/mol. The fourth-order valence-corrected chi connectivity index (χ4v) is 1.67. The zero-order chi connectivity index (χ0) is 9.54. The first-order valence-corrected chi connectivity index (χ1v) is 4.35. The fourth-order valence-electron chi connectivity index (χ4n) is 1.67. The van der Waals surface area contributed by atoms with Crippen molar-refractivity contribution in [1.82, 2.24) is 4.98 Å². The van der Waals surface area contributed by atoms with E-state index in [1.165, 1.54) is 6.07 Å². The molecule has 2 heterocycles. The number of rotatable bonds is 0. The topological polar surface area (TPSA) is 46.0 Å². The Balaban J connectivity index is 2.63. The number of nitrogens with one attached hydrogen (secondary N) is 1. The molecule has 0 aliphatic carbocycles. The van der Waals surface area contributed by atoms with E-state index in [-0.39, 0.29) is 5.63 Å². The van der Waals surface area contributed by atoms with Crippen molar-refractivity contribution in [2.75, 3.05) is 0 Å². The van der Waals surface area contributed by atoms with Crippen LogP contribution in [0.1, 0.15) is 0 Å². The molecule has 14 heavy (non-hydrogen) atoms. The van der Waals surface area contributed by atoms with Crippen molar-refractivity contribution >= 4 is 22.0 Å². The molecule has 0 aliphatic heterocycles. The van der Waals surface area contributed by atoms with E-state index in [1.807, 2.05) is 24.3 Å². The lowest BCUT2D eigenvalue weighted by Gasteiger charge is -1.86. The molecule has 0 bridgehead atoms. The summed E-state index contributed by atoms with van der Waals surface area (Å²) in [5, 5.41) is 2.02. The normalized spacial score (nSPS) is 11.1. The highest BCUT2D eigenvalue weighted by Gasteiger charge is 2.04. The second-order valence-corrected chi connectivity index (χ2v) is 3.17. The van der Waals surface area contributed by atoms with Gasteiger partial charge in [-0.25, -0.2) is 4.79 Å². The van der Waals surface area contributed by atoms with E-state index in [0.29, 0.717) is 5.71 Å². The van der Waals surface area contributed by atoms with E-state index < -0.39 is 0 Å². The number of para-hydroxylation sites is 1. The third-order valence-electron chi connectivity index (χ3n) is 2.30. The van der Waals surface area contributed by atoms with Crippen LogP contribution in [-0.2, 0) is 0 Å². The monoisotopic (exact) mass is 185 g/mol. The first-order chi connectivity index (χ1) is 6.84. The van der Waals surface area contributed by atoms with Crippen LogP contribution >= 0.6 is 0 Å². The van der Waals surface area contributed by atoms with E-state index in [1.54, 1.807) is 6.07 Å². The standard InChI is InChI=1S/C11H7NO2/c13-10-6-5-8-7-3-1-2-4-9(7)12-11(8)14-10/h1-6,12H. The van der Waals surface area contributed by atoms with Gasteiger partial charge < -0.3 is 9.40 Å². The summed E-state index contributed by atoms with van der Waals surface area (Å²) in [4.78, 5) is 14.0. The number of H-pyrrole nitrogens is 1. The fraction of sp³-hybridized carbons (Fsp3) is 0. The summed E-state index contributed by atoms with van der Waals surface area (Å²) in [5.74, 6) is 0. The summed E-state index contributed by atoms with van der Waals surface area (Å²) in [6.07, 6.45) is 0. The molecular weight excluding hydrogens is 178 g/mol. The molecule has 0 saturated carbocycles. The molecule has 0 amide bonds. The van der Waals surface area contributed by atoms with Gasteiger partial charge in [0.2, 0.25) is 5.71 Å². The highest BCUT2D eigenvalue weighted by atomic mass is 16.4. The Bertz CT molecular complexity index is 663. The maximum Gasteiger partial charge on any atom is 0.337 e. The minimum atomic E-state index is -0.330. The summed E-state index contributed by atoms with van der Waals surface area (Å²) in [7, 11) is 0. The number of hydrogen-bond acceptors (Lipinski definition) is 2. The van der Waals surface area contributed by atoms with E-state index in [0.717, 1.165) is 16.3 Å². The van der Waals surface area contributed by atoms with Gasteiger partial charge in [0.15, 0.2) is 0 Å². The molecule has 3 nitrogen and oxygen atoms in total. The number of aromatic nitrogens is 1. The number of fused-ring (bicyclic) bond motifs is 3. The zero-order valence-corrected chi connectivity index (χ0v) is 7.28. The van der Waals surface area contributed by atoms with E-state index in [2.05, 4.69) is 4.98 Å². The molecule has 0 radical (unpaired) electrons. The Hall–Kier alpha value is -2.03. The van der Waals surface area contributed by atoms with Gasteiger partial charge in [0.1, 0.15) is 0 Å². The lowest BCUT2D eigenvalue weighted by atomic mass is 10.2. The predicted octanol–water partition coefficient (Wildman–Crippen LogP) is 2.27. The SMILES string of the molecule is O=c1ccc2c([nH]c3ccccc32)o1. The summed E-state index contributed by atoms with van der Waals surface area (Å²) in [6.45, 7) is 0. The van der Waals surface area contributed by atoms with Gasteiger partial charge in [0, 0.05) is 22.4 Å². The van der Waals surface area contributed by atoms with Gasteiger partial charge in [-0.3, -0.25) is 0 Å². The molecule has 0 spiro atoms. The Morgan fingerprint density at radius 3 is 2.79 bits per heavy atom. The van der Waals surface area contributed by atoms with Gasteiger partial charge in [-0.1, -0.05) is 18.2 Å². The minimum Gasteiger partial charge on any atom is -0.406 e. The molecule has 2 aromatic heterocycles. The summed E-state index contributed by atoms with van der Waals surface area (Å²) < 4.78 is 5.04. The van der Waals surface area contributed by atoms with Gasteiger partial charge in [-0.15, -0.1) is 0 Å². The second-order valence-electron chi connectivity index (χ2n) is 3.17.